The van der Waals surface area contributed by atoms with E-state index in [2.05, 4.69) is 0 Å². The minimum Gasteiger partial charge on any atom is -0.367 e. The molecule has 0 radical (unpaired) electrons. The van der Waals surface area contributed by atoms with E-state index in [1.807, 2.05) is 35.2 Å². The van der Waals surface area contributed by atoms with Crippen molar-refractivity contribution in [2.24, 2.45) is 11.7 Å². The summed E-state index contributed by atoms with van der Waals surface area (Å²) in [5.41, 5.74) is 7.28. The average molecular weight is 432 g/mol. The van der Waals surface area contributed by atoms with E-state index in [0.717, 1.165) is 24.5 Å². The molecule has 2 saturated heterocycles. The molecular formula is C24H27F3N2O2. The van der Waals surface area contributed by atoms with E-state index in [0.29, 0.717) is 18.9 Å². The van der Waals surface area contributed by atoms with Gasteiger partial charge in [-0.2, -0.15) is 0 Å². The Kier molecular flexibility index (Phi) is 6.34. The summed E-state index contributed by atoms with van der Waals surface area (Å²) in [7, 11) is 1.54. The molecule has 2 aliphatic heterocycles. The van der Waals surface area contributed by atoms with Gasteiger partial charge in [-0.05, 0) is 55.2 Å². The lowest BCUT2D eigenvalue weighted by Gasteiger charge is -2.42. The Bertz CT molecular complexity index is 926. The molecule has 2 heterocycles. The van der Waals surface area contributed by atoms with Crippen LogP contribution in [0, 0.1) is 23.4 Å². The van der Waals surface area contributed by atoms with Crippen LogP contribution in [0.15, 0.2) is 42.5 Å². The van der Waals surface area contributed by atoms with Crippen molar-refractivity contribution < 1.29 is 22.7 Å². The number of carbonyl (C=O) groups excluding carboxylic acids is 1. The number of amides is 1. The first-order chi connectivity index (χ1) is 14.9. The van der Waals surface area contributed by atoms with Gasteiger partial charge in [-0.25, -0.2) is 13.2 Å². The number of carbonyl (C=O) groups is 1. The molecule has 1 unspecified atom stereocenters. The van der Waals surface area contributed by atoms with E-state index in [1.54, 1.807) is 0 Å². The van der Waals surface area contributed by atoms with Crippen molar-refractivity contribution in [3.8, 4) is 0 Å². The Morgan fingerprint density at radius 3 is 2.29 bits per heavy atom. The van der Waals surface area contributed by atoms with Gasteiger partial charge in [-0.1, -0.05) is 30.3 Å². The highest BCUT2D eigenvalue weighted by atomic mass is 19.2. The van der Waals surface area contributed by atoms with E-state index in [9.17, 15) is 18.0 Å². The highest BCUT2D eigenvalue weighted by molar-refractivity contribution is 5.83. The second-order valence-electron chi connectivity index (χ2n) is 8.61. The standard InChI is InChI=1S/C24H27F3N2O2/c1-31-23(14-5-3-2-4-6-14)24(30)29-17-7-8-18(29)10-16(9-17)22(28)12-15-11-20(26)21(27)13-19(15)25/h2-6,11,13,16-18,22-23H,7-10,12,28H2,1H3/t16?,17-,18+,22-,23-/m1/s1. The summed E-state index contributed by atoms with van der Waals surface area (Å²) >= 11 is 0. The Labute approximate surface area is 180 Å². The molecule has 2 fully saturated rings. The minimum absolute atomic E-state index is 0.0418. The van der Waals surface area contributed by atoms with Crippen LogP contribution in [0.4, 0.5) is 13.2 Å². The SMILES string of the molecule is CO[C@@H](C(=O)N1[C@@H]2CC[C@H]1CC([C@H](N)Cc1cc(F)c(F)cc1F)C2)c1ccccc1. The number of hydrogen-bond donors (Lipinski definition) is 1. The van der Waals surface area contributed by atoms with Gasteiger partial charge in [0.05, 0.1) is 0 Å². The van der Waals surface area contributed by atoms with Crippen molar-refractivity contribution >= 4 is 5.91 Å². The topological polar surface area (TPSA) is 55.6 Å². The summed E-state index contributed by atoms with van der Waals surface area (Å²) in [6.45, 7) is 0. The molecule has 4 rings (SSSR count). The maximum Gasteiger partial charge on any atom is 0.256 e. The fourth-order valence-electron chi connectivity index (χ4n) is 5.21. The second kappa shape index (κ2) is 9.01. The first-order valence-corrected chi connectivity index (χ1v) is 10.7. The molecule has 2 bridgehead atoms. The van der Waals surface area contributed by atoms with Gasteiger partial charge in [0.1, 0.15) is 5.82 Å². The van der Waals surface area contributed by atoms with Crippen LogP contribution in [0.2, 0.25) is 0 Å². The molecule has 166 valence electrons. The van der Waals surface area contributed by atoms with E-state index >= 15 is 0 Å². The predicted molar refractivity (Wildman–Crippen MR) is 111 cm³/mol. The fourth-order valence-corrected chi connectivity index (χ4v) is 5.21. The van der Waals surface area contributed by atoms with E-state index in [4.69, 9.17) is 10.5 Å². The van der Waals surface area contributed by atoms with E-state index < -0.39 is 29.6 Å². The first kappa shape index (κ1) is 21.8. The third kappa shape index (κ3) is 4.34. The lowest BCUT2D eigenvalue weighted by atomic mass is 9.82. The number of fused-ring (bicyclic) bond motifs is 2. The molecule has 5 atom stereocenters. The Balaban J connectivity index is 1.45. The normalized spacial score (nSPS) is 24.8. The number of piperidine rings is 1. The molecule has 2 N–H and O–H groups in total. The number of halogens is 3. The van der Waals surface area contributed by atoms with Crippen LogP contribution in [0.25, 0.3) is 0 Å². The summed E-state index contributed by atoms with van der Waals surface area (Å²) in [6.07, 6.45) is 2.69. The molecule has 7 heteroatoms. The molecule has 2 aromatic carbocycles. The first-order valence-electron chi connectivity index (χ1n) is 10.7. The van der Waals surface area contributed by atoms with Crippen LogP contribution in [0.3, 0.4) is 0 Å². The number of benzene rings is 2. The van der Waals surface area contributed by atoms with Gasteiger partial charge < -0.3 is 15.4 Å². The van der Waals surface area contributed by atoms with Crippen LogP contribution in [0.5, 0.6) is 0 Å². The summed E-state index contributed by atoms with van der Waals surface area (Å²) < 4.78 is 46.3. The van der Waals surface area contributed by atoms with Gasteiger partial charge in [-0.3, -0.25) is 4.79 Å². The zero-order chi connectivity index (χ0) is 22.1. The van der Waals surface area contributed by atoms with Crippen LogP contribution >= 0.6 is 0 Å². The molecule has 31 heavy (non-hydrogen) atoms. The Hall–Kier alpha value is -2.38. The number of nitrogens with zero attached hydrogens (tertiary/aromatic N) is 1. The van der Waals surface area contributed by atoms with Gasteiger partial charge in [0.15, 0.2) is 17.7 Å². The van der Waals surface area contributed by atoms with E-state index in [1.165, 1.54) is 7.11 Å². The zero-order valence-corrected chi connectivity index (χ0v) is 17.4. The van der Waals surface area contributed by atoms with Crippen molar-refractivity contribution in [2.45, 2.75) is 56.3 Å². The number of rotatable bonds is 6. The predicted octanol–water partition coefficient (Wildman–Crippen LogP) is 4.13. The largest absolute Gasteiger partial charge is 0.367 e. The monoisotopic (exact) mass is 432 g/mol. The quantitative estimate of drug-likeness (QED) is 0.699. The van der Waals surface area contributed by atoms with Crippen LogP contribution in [-0.2, 0) is 16.0 Å². The molecule has 2 aromatic rings. The minimum atomic E-state index is -1.20. The van der Waals surface area contributed by atoms with Gasteiger partial charge in [0.25, 0.3) is 5.91 Å². The maximum absolute atomic E-state index is 14.1. The van der Waals surface area contributed by atoms with Crippen molar-refractivity contribution in [3.05, 3.63) is 71.0 Å². The molecule has 0 aliphatic carbocycles. The third-order valence-electron chi connectivity index (χ3n) is 6.74. The molecule has 1 amide bonds. The summed E-state index contributed by atoms with van der Waals surface area (Å²) in [4.78, 5) is 15.3. The van der Waals surface area contributed by atoms with Crippen molar-refractivity contribution in [2.75, 3.05) is 7.11 Å². The van der Waals surface area contributed by atoms with Gasteiger partial charge >= 0.3 is 0 Å². The average Bonchev–Trinajstić information content (AvgIpc) is 3.02. The molecule has 2 aliphatic rings. The fraction of sp³-hybridized carbons (Fsp3) is 0.458. The number of ether oxygens (including phenoxy) is 1. The summed E-state index contributed by atoms with van der Waals surface area (Å²) in [6, 6.07) is 10.6. The van der Waals surface area contributed by atoms with Gasteiger partial charge in [0, 0.05) is 31.3 Å². The highest BCUT2D eigenvalue weighted by Gasteiger charge is 2.46. The molecule has 0 saturated carbocycles. The third-order valence-corrected chi connectivity index (χ3v) is 6.74. The molecule has 0 spiro atoms. The van der Waals surface area contributed by atoms with Gasteiger partial charge in [0.2, 0.25) is 0 Å². The van der Waals surface area contributed by atoms with Crippen molar-refractivity contribution in [1.29, 1.82) is 0 Å². The van der Waals surface area contributed by atoms with Gasteiger partial charge in [-0.15, -0.1) is 0 Å². The number of nitrogens with two attached hydrogens (primary N) is 1. The van der Waals surface area contributed by atoms with E-state index in [-0.39, 0.29) is 35.9 Å². The summed E-state index contributed by atoms with van der Waals surface area (Å²) in [5, 5.41) is 0. The summed E-state index contributed by atoms with van der Waals surface area (Å²) in [5.74, 6) is -3.02. The van der Waals surface area contributed by atoms with Crippen LogP contribution in [-0.4, -0.2) is 36.0 Å². The maximum atomic E-state index is 14.1. The number of hydrogen-bond acceptors (Lipinski definition) is 3. The van der Waals surface area contributed by atoms with Crippen LogP contribution < -0.4 is 5.73 Å². The lowest BCUT2D eigenvalue weighted by Crippen LogP contribution is -2.51. The zero-order valence-electron chi connectivity index (χ0n) is 17.4. The second-order valence-corrected chi connectivity index (χ2v) is 8.61. The Morgan fingerprint density at radius 1 is 1.06 bits per heavy atom. The highest BCUT2D eigenvalue weighted by Crippen LogP contribution is 2.42. The Morgan fingerprint density at radius 2 is 1.68 bits per heavy atom. The molecular weight excluding hydrogens is 405 g/mol. The molecule has 0 aromatic heterocycles. The number of methoxy groups -OCH3 is 1. The van der Waals surface area contributed by atoms with Crippen LogP contribution in [0.1, 0.15) is 42.9 Å². The molecule has 4 nitrogen and oxygen atoms in total. The lowest BCUT2D eigenvalue weighted by molar-refractivity contribution is -0.148. The smallest absolute Gasteiger partial charge is 0.256 e. The van der Waals surface area contributed by atoms with Crippen molar-refractivity contribution in [3.63, 3.8) is 0 Å². The van der Waals surface area contributed by atoms with Crippen molar-refractivity contribution in [1.82, 2.24) is 4.90 Å².